The maximum Gasteiger partial charge on any atom is 0.261 e. The summed E-state index contributed by atoms with van der Waals surface area (Å²) in [7, 11) is 0. The number of aromatic nitrogens is 2. The van der Waals surface area contributed by atoms with E-state index in [9.17, 15) is 9.18 Å². The molecule has 0 saturated heterocycles. The smallest absolute Gasteiger partial charge is 0.261 e. The summed E-state index contributed by atoms with van der Waals surface area (Å²) in [5.41, 5.74) is 2.29. The van der Waals surface area contributed by atoms with Crippen molar-refractivity contribution in [1.29, 1.82) is 0 Å². The molecule has 1 aromatic heterocycles. The molecule has 24 heavy (non-hydrogen) atoms. The van der Waals surface area contributed by atoms with Crippen LogP contribution in [0.1, 0.15) is 43.4 Å². The zero-order chi connectivity index (χ0) is 16.9. The fraction of sp³-hybridized carbons (Fsp3) is 0.444. The molecular weight excluding hydrogens is 309 g/mol. The average Bonchev–Trinajstić information content (AvgIpc) is 3.02. The molecule has 1 aliphatic carbocycles. The van der Waals surface area contributed by atoms with E-state index < -0.39 is 11.9 Å². The van der Waals surface area contributed by atoms with E-state index in [0.717, 1.165) is 30.8 Å². The number of fused-ring (bicyclic) bond motifs is 1. The number of benzene rings is 1. The Hall–Kier alpha value is -2.37. The molecule has 1 atom stereocenters. The highest BCUT2D eigenvalue weighted by atomic mass is 19.1. The normalized spacial score (nSPS) is 14.8. The number of aromatic amines is 1. The molecule has 0 bridgehead atoms. The highest BCUT2D eigenvalue weighted by Gasteiger charge is 2.20. The summed E-state index contributed by atoms with van der Waals surface area (Å²) in [6.45, 7) is 2.15. The van der Waals surface area contributed by atoms with E-state index in [2.05, 4.69) is 15.3 Å². The number of imidazole rings is 1. The highest BCUT2D eigenvalue weighted by Crippen LogP contribution is 2.19. The molecule has 1 amide bonds. The number of para-hydroxylation sites is 1. The van der Waals surface area contributed by atoms with Crippen LogP contribution in [0.3, 0.4) is 0 Å². The number of aryl methyl sites for hydroxylation is 2. The molecule has 6 heteroatoms. The van der Waals surface area contributed by atoms with Crippen LogP contribution in [0.2, 0.25) is 0 Å². The van der Waals surface area contributed by atoms with Gasteiger partial charge in [0.1, 0.15) is 5.82 Å². The van der Waals surface area contributed by atoms with Crippen LogP contribution in [-0.2, 0) is 24.2 Å². The SMILES string of the molecule is CCC(Oc1ccccc1F)C(=O)NCc1nc2c([nH]1)CCCC2. The van der Waals surface area contributed by atoms with Crippen LogP contribution in [0.25, 0.3) is 0 Å². The zero-order valence-electron chi connectivity index (χ0n) is 13.8. The van der Waals surface area contributed by atoms with Crippen molar-refractivity contribution < 1.29 is 13.9 Å². The first kappa shape index (κ1) is 16.5. The number of nitrogens with one attached hydrogen (secondary N) is 2. The van der Waals surface area contributed by atoms with Crippen molar-refractivity contribution in [2.75, 3.05) is 0 Å². The van der Waals surface area contributed by atoms with Crippen molar-refractivity contribution in [2.24, 2.45) is 0 Å². The third-order valence-electron chi connectivity index (χ3n) is 4.20. The maximum atomic E-state index is 13.7. The van der Waals surface area contributed by atoms with Gasteiger partial charge in [-0.1, -0.05) is 19.1 Å². The van der Waals surface area contributed by atoms with Gasteiger partial charge in [-0.2, -0.15) is 0 Å². The minimum Gasteiger partial charge on any atom is -0.478 e. The topological polar surface area (TPSA) is 67.0 Å². The Labute approximate surface area is 140 Å². The second kappa shape index (κ2) is 7.47. The molecule has 0 aliphatic heterocycles. The number of nitrogens with zero attached hydrogens (tertiary/aromatic N) is 1. The van der Waals surface area contributed by atoms with Gasteiger partial charge in [0, 0.05) is 5.69 Å². The number of carbonyl (C=O) groups excluding carboxylic acids is 1. The molecule has 1 heterocycles. The van der Waals surface area contributed by atoms with Crippen molar-refractivity contribution in [3.63, 3.8) is 0 Å². The van der Waals surface area contributed by atoms with Gasteiger partial charge in [0.2, 0.25) is 0 Å². The van der Waals surface area contributed by atoms with Crippen molar-refractivity contribution in [3.8, 4) is 5.75 Å². The lowest BCUT2D eigenvalue weighted by Gasteiger charge is -2.17. The summed E-state index contributed by atoms with van der Waals surface area (Å²) in [5, 5.41) is 2.82. The number of hydrogen-bond acceptors (Lipinski definition) is 3. The summed E-state index contributed by atoms with van der Waals surface area (Å²) in [4.78, 5) is 20.1. The molecule has 2 N–H and O–H groups in total. The Bertz CT molecular complexity index is 691. The Morgan fingerprint density at radius 1 is 1.38 bits per heavy atom. The van der Waals surface area contributed by atoms with Gasteiger partial charge in [-0.25, -0.2) is 9.37 Å². The standard InChI is InChI=1S/C18H22FN3O2/c1-2-15(24-16-10-6-3-7-12(16)19)18(23)20-11-17-21-13-8-4-5-9-14(13)22-17/h3,6-7,10,15H,2,4-5,8-9,11H2,1H3,(H,20,23)(H,21,22). The summed E-state index contributed by atoms with van der Waals surface area (Å²) >= 11 is 0. The van der Waals surface area contributed by atoms with E-state index in [1.165, 1.54) is 24.2 Å². The van der Waals surface area contributed by atoms with E-state index in [4.69, 9.17) is 4.74 Å². The molecule has 1 aromatic carbocycles. The van der Waals surface area contributed by atoms with Crippen LogP contribution in [-0.4, -0.2) is 22.0 Å². The molecule has 0 spiro atoms. The number of carbonyl (C=O) groups is 1. The Morgan fingerprint density at radius 2 is 2.17 bits per heavy atom. The minimum atomic E-state index is -0.730. The Morgan fingerprint density at radius 3 is 2.92 bits per heavy atom. The molecule has 5 nitrogen and oxygen atoms in total. The lowest BCUT2D eigenvalue weighted by atomic mass is 10.0. The van der Waals surface area contributed by atoms with Gasteiger partial charge in [-0.3, -0.25) is 4.79 Å². The van der Waals surface area contributed by atoms with Crippen LogP contribution in [0.5, 0.6) is 5.75 Å². The molecular formula is C18H22FN3O2. The summed E-state index contributed by atoms with van der Waals surface area (Å²) in [5.74, 6) is 0.113. The van der Waals surface area contributed by atoms with E-state index in [0.29, 0.717) is 13.0 Å². The number of halogens is 1. The van der Waals surface area contributed by atoms with Gasteiger partial charge in [-0.15, -0.1) is 0 Å². The van der Waals surface area contributed by atoms with Gasteiger partial charge in [0.15, 0.2) is 17.7 Å². The van der Waals surface area contributed by atoms with E-state index in [1.807, 2.05) is 6.92 Å². The lowest BCUT2D eigenvalue weighted by Crippen LogP contribution is -2.38. The van der Waals surface area contributed by atoms with Crippen molar-refractivity contribution in [2.45, 2.75) is 51.7 Å². The predicted molar refractivity (Wildman–Crippen MR) is 88.2 cm³/mol. The third kappa shape index (κ3) is 3.75. The van der Waals surface area contributed by atoms with Gasteiger partial charge in [0.25, 0.3) is 5.91 Å². The van der Waals surface area contributed by atoms with E-state index in [1.54, 1.807) is 12.1 Å². The van der Waals surface area contributed by atoms with Crippen LogP contribution < -0.4 is 10.1 Å². The number of H-pyrrole nitrogens is 1. The molecule has 3 rings (SSSR count). The monoisotopic (exact) mass is 331 g/mol. The molecule has 128 valence electrons. The second-order valence-corrected chi connectivity index (χ2v) is 5.98. The predicted octanol–water partition coefficient (Wildman–Crippen LogP) is 2.90. The lowest BCUT2D eigenvalue weighted by molar-refractivity contribution is -0.128. The van der Waals surface area contributed by atoms with Crippen LogP contribution >= 0.6 is 0 Å². The zero-order valence-corrected chi connectivity index (χ0v) is 13.8. The van der Waals surface area contributed by atoms with Crippen LogP contribution in [0.4, 0.5) is 4.39 Å². The largest absolute Gasteiger partial charge is 0.478 e. The maximum absolute atomic E-state index is 13.7. The number of hydrogen-bond donors (Lipinski definition) is 2. The summed E-state index contributed by atoms with van der Waals surface area (Å²) in [6.07, 6.45) is 4.08. The van der Waals surface area contributed by atoms with Gasteiger partial charge >= 0.3 is 0 Å². The van der Waals surface area contributed by atoms with Crippen LogP contribution in [0, 0.1) is 5.82 Å². The quantitative estimate of drug-likeness (QED) is 0.855. The van der Waals surface area contributed by atoms with E-state index >= 15 is 0 Å². The van der Waals surface area contributed by atoms with Gasteiger partial charge in [0.05, 0.1) is 12.2 Å². The van der Waals surface area contributed by atoms with Gasteiger partial charge in [-0.05, 0) is 44.2 Å². The fourth-order valence-electron chi connectivity index (χ4n) is 2.90. The minimum absolute atomic E-state index is 0.0907. The third-order valence-corrected chi connectivity index (χ3v) is 4.20. The first-order chi connectivity index (χ1) is 11.7. The van der Waals surface area contributed by atoms with Crippen molar-refractivity contribution in [1.82, 2.24) is 15.3 Å². The van der Waals surface area contributed by atoms with Crippen molar-refractivity contribution in [3.05, 3.63) is 47.3 Å². The van der Waals surface area contributed by atoms with Crippen LogP contribution in [0.15, 0.2) is 24.3 Å². The second-order valence-electron chi connectivity index (χ2n) is 5.98. The Balaban J connectivity index is 1.58. The highest BCUT2D eigenvalue weighted by molar-refractivity contribution is 5.81. The molecule has 0 radical (unpaired) electrons. The van der Waals surface area contributed by atoms with Gasteiger partial charge < -0.3 is 15.0 Å². The molecule has 0 fully saturated rings. The molecule has 1 aliphatic rings. The molecule has 0 saturated carbocycles. The summed E-state index contributed by atoms with van der Waals surface area (Å²) in [6, 6.07) is 6.09. The number of rotatable bonds is 6. The summed E-state index contributed by atoms with van der Waals surface area (Å²) < 4.78 is 19.2. The molecule has 2 aromatic rings. The number of ether oxygens (including phenoxy) is 1. The molecule has 1 unspecified atom stereocenters. The van der Waals surface area contributed by atoms with E-state index in [-0.39, 0.29) is 11.7 Å². The first-order valence-corrected chi connectivity index (χ1v) is 8.43. The Kier molecular flexibility index (Phi) is 5.13. The first-order valence-electron chi connectivity index (χ1n) is 8.43. The fourth-order valence-corrected chi connectivity index (χ4v) is 2.90. The number of amides is 1. The average molecular weight is 331 g/mol. The van der Waals surface area contributed by atoms with Crippen molar-refractivity contribution >= 4 is 5.91 Å².